The molecule has 0 bridgehead atoms. The number of amides is 1. The van der Waals surface area contributed by atoms with Gasteiger partial charge in [-0.15, -0.1) is 0 Å². The Bertz CT molecular complexity index is 556. The maximum Gasteiger partial charge on any atom is 0.255 e. The summed E-state index contributed by atoms with van der Waals surface area (Å²) in [6.45, 7) is 2.55. The van der Waals surface area contributed by atoms with Crippen LogP contribution in [0.2, 0.25) is 0 Å². The van der Waals surface area contributed by atoms with Crippen LogP contribution in [0, 0.1) is 17.8 Å². The standard InChI is InChI=1S/C18H24N2O/c1-14-8-3-6-12-17(14)20(2)18(21)16-11-5-4-9-15(16)10-7-13-19/h4-5,9,11,14,17H,3,6,8,12-13,19H2,1-2H3. The largest absolute Gasteiger partial charge is 0.338 e. The Balaban J connectivity index is 2.23. The molecular formula is C18H24N2O. The van der Waals surface area contributed by atoms with Crippen molar-refractivity contribution < 1.29 is 4.79 Å². The minimum atomic E-state index is 0.0654. The summed E-state index contributed by atoms with van der Waals surface area (Å²) in [4.78, 5) is 14.7. The van der Waals surface area contributed by atoms with Crippen LogP contribution in [0.4, 0.5) is 0 Å². The first kappa shape index (κ1) is 15.6. The first-order valence-electron chi connectivity index (χ1n) is 7.70. The van der Waals surface area contributed by atoms with Gasteiger partial charge in [0.1, 0.15) is 0 Å². The highest BCUT2D eigenvalue weighted by Crippen LogP contribution is 2.28. The van der Waals surface area contributed by atoms with Crippen molar-refractivity contribution in [1.82, 2.24) is 4.90 Å². The number of nitrogens with two attached hydrogens (primary N) is 1. The summed E-state index contributed by atoms with van der Waals surface area (Å²) in [5.41, 5.74) is 6.87. The molecule has 0 radical (unpaired) electrons. The third-order valence-electron chi connectivity index (χ3n) is 4.37. The predicted molar refractivity (Wildman–Crippen MR) is 85.9 cm³/mol. The van der Waals surface area contributed by atoms with E-state index in [0.29, 0.717) is 24.1 Å². The van der Waals surface area contributed by atoms with Gasteiger partial charge >= 0.3 is 0 Å². The third-order valence-corrected chi connectivity index (χ3v) is 4.37. The average Bonchev–Trinajstić information content (AvgIpc) is 2.52. The van der Waals surface area contributed by atoms with E-state index in [9.17, 15) is 4.79 Å². The highest BCUT2D eigenvalue weighted by atomic mass is 16.2. The number of carbonyl (C=O) groups excluding carboxylic acids is 1. The number of hydrogen-bond acceptors (Lipinski definition) is 2. The van der Waals surface area contributed by atoms with Gasteiger partial charge in [-0.1, -0.05) is 43.7 Å². The van der Waals surface area contributed by atoms with Gasteiger partial charge in [-0.25, -0.2) is 0 Å². The Morgan fingerprint density at radius 3 is 2.76 bits per heavy atom. The third kappa shape index (κ3) is 3.65. The molecule has 2 atom stereocenters. The fraction of sp³-hybridized carbons (Fsp3) is 0.500. The lowest BCUT2D eigenvalue weighted by Crippen LogP contribution is -2.42. The highest BCUT2D eigenvalue weighted by Gasteiger charge is 2.28. The normalized spacial score (nSPS) is 21.3. The fourth-order valence-electron chi connectivity index (χ4n) is 3.14. The van der Waals surface area contributed by atoms with E-state index in [1.165, 1.54) is 19.3 Å². The quantitative estimate of drug-likeness (QED) is 0.849. The zero-order valence-corrected chi connectivity index (χ0v) is 12.9. The maximum atomic E-state index is 12.8. The van der Waals surface area contributed by atoms with Gasteiger partial charge in [-0.05, 0) is 30.9 Å². The van der Waals surface area contributed by atoms with Gasteiger partial charge in [-0.2, -0.15) is 0 Å². The maximum absolute atomic E-state index is 12.8. The van der Waals surface area contributed by atoms with Crippen molar-refractivity contribution in [3.05, 3.63) is 35.4 Å². The molecule has 0 heterocycles. The Kier molecular flexibility index (Phi) is 5.41. The SMILES string of the molecule is CC1CCCCC1N(C)C(=O)c1ccccc1C#CCN. The van der Waals surface area contributed by atoms with E-state index in [-0.39, 0.29) is 5.91 Å². The van der Waals surface area contributed by atoms with E-state index in [1.54, 1.807) is 0 Å². The van der Waals surface area contributed by atoms with Crippen LogP contribution in [-0.4, -0.2) is 30.4 Å². The smallest absolute Gasteiger partial charge is 0.255 e. The molecule has 112 valence electrons. The lowest BCUT2D eigenvalue weighted by molar-refractivity contribution is 0.0628. The second kappa shape index (κ2) is 7.28. The van der Waals surface area contributed by atoms with Gasteiger partial charge < -0.3 is 10.6 Å². The molecule has 1 fully saturated rings. The van der Waals surface area contributed by atoms with E-state index in [4.69, 9.17) is 5.73 Å². The van der Waals surface area contributed by atoms with Crippen LogP contribution >= 0.6 is 0 Å². The molecule has 21 heavy (non-hydrogen) atoms. The molecule has 1 aliphatic carbocycles. The summed E-state index contributed by atoms with van der Waals surface area (Å²) in [5, 5.41) is 0. The Hall–Kier alpha value is -1.79. The van der Waals surface area contributed by atoms with Crippen LogP contribution in [0.5, 0.6) is 0 Å². The van der Waals surface area contributed by atoms with Crippen LogP contribution in [-0.2, 0) is 0 Å². The van der Waals surface area contributed by atoms with E-state index >= 15 is 0 Å². The number of benzene rings is 1. The van der Waals surface area contributed by atoms with Gasteiger partial charge in [0.25, 0.3) is 5.91 Å². The van der Waals surface area contributed by atoms with Crippen molar-refractivity contribution in [2.45, 2.75) is 38.6 Å². The van der Waals surface area contributed by atoms with Gasteiger partial charge in [0.05, 0.1) is 12.1 Å². The molecule has 2 rings (SSSR count). The van der Waals surface area contributed by atoms with Crippen molar-refractivity contribution in [2.75, 3.05) is 13.6 Å². The summed E-state index contributed by atoms with van der Waals surface area (Å²) in [5.74, 6) is 6.46. The lowest BCUT2D eigenvalue weighted by atomic mass is 9.85. The van der Waals surface area contributed by atoms with Crippen LogP contribution in [0.1, 0.15) is 48.5 Å². The summed E-state index contributed by atoms with van der Waals surface area (Å²) in [6, 6.07) is 7.86. The molecule has 1 saturated carbocycles. The van der Waals surface area contributed by atoms with Crippen molar-refractivity contribution in [2.24, 2.45) is 11.7 Å². The van der Waals surface area contributed by atoms with E-state index in [2.05, 4.69) is 18.8 Å². The zero-order chi connectivity index (χ0) is 15.2. The molecule has 0 saturated heterocycles. The lowest BCUT2D eigenvalue weighted by Gasteiger charge is -2.36. The molecule has 0 aromatic heterocycles. The molecule has 3 nitrogen and oxygen atoms in total. The second-order valence-electron chi connectivity index (χ2n) is 5.80. The summed E-state index contributed by atoms with van der Waals surface area (Å²) in [7, 11) is 1.92. The van der Waals surface area contributed by atoms with Gasteiger partial charge in [0.2, 0.25) is 0 Å². The average molecular weight is 284 g/mol. The number of hydrogen-bond donors (Lipinski definition) is 1. The van der Waals surface area contributed by atoms with Crippen LogP contribution in [0.3, 0.4) is 0 Å². The fourth-order valence-corrected chi connectivity index (χ4v) is 3.14. The number of carbonyl (C=O) groups is 1. The number of nitrogens with zero attached hydrogens (tertiary/aromatic N) is 1. The first-order valence-corrected chi connectivity index (χ1v) is 7.70. The summed E-state index contributed by atoms with van der Waals surface area (Å²) in [6.07, 6.45) is 4.79. The van der Waals surface area contributed by atoms with Crippen molar-refractivity contribution in [3.8, 4) is 11.8 Å². The van der Waals surface area contributed by atoms with E-state index in [1.807, 2.05) is 36.2 Å². The summed E-state index contributed by atoms with van der Waals surface area (Å²) < 4.78 is 0. The Labute approximate surface area is 127 Å². The van der Waals surface area contributed by atoms with Crippen molar-refractivity contribution in [3.63, 3.8) is 0 Å². The first-order chi connectivity index (χ1) is 10.1. The Morgan fingerprint density at radius 1 is 1.33 bits per heavy atom. The molecule has 2 unspecified atom stereocenters. The highest BCUT2D eigenvalue weighted by molar-refractivity contribution is 5.96. The molecule has 1 aromatic carbocycles. The van der Waals surface area contributed by atoms with Gasteiger partial charge in [0.15, 0.2) is 0 Å². The molecule has 0 spiro atoms. The molecule has 2 N–H and O–H groups in total. The van der Waals surface area contributed by atoms with E-state index < -0.39 is 0 Å². The minimum absolute atomic E-state index is 0.0654. The molecule has 3 heteroatoms. The van der Waals surface area contributed by atoms with Gasteiger partial charge in [-0.3, -0.25) is 4.79 Å². The van der Waals surface area contributed by atoms with Crippen LogP contribution < -0.4 is 5.73 Å². The van der Waals surface area contributed by atoms with Crippen LogP contribution in [0.25, 0.3) is 0 Å². The van der Waals surface area contributed by atoms with E-state index in [0.717, 1.165) is 12.0 Å². The minimum Gasteiger partial charge on any atom is -0.338 e. The van der Waals surface area contributed by atoms with Crippen molar-refractivity contribution in [1.29, 1.82) is 0 Å². The molecule has 1 amide bonds. The monoisotopic (exact) mass is 284 g/mol. The second-order valence-corrected chi connectivity index (χ2v) is 5.80. The Morgan fingerprint density at radius 2 is 2.05 bits per heavy atom. The molecule has 0 aliphatic heterocycles. The molecule has 1 aliphatic rings. The van der Waals surface area contributed by atoms with Crippen molar-refractivity contribution >= 4 is 5.91 Å². The predicted octanol–water partition coefficient (Wildman–Crippen LogP) is 2.65. The topological polar surface area (TPSA) is 46.3 Å². The summed E-state index contributed by atoms with van der Waals surface area (Å²) >= 11 is 0. The molecule has 1 aromatic rings. The molecular weight excluding hydrogens is 260 g/mol. The zero-order valence-electron chi connectivity index (χ0n) is 12.9. The van der Waals surface area contributed by atoms with Crippen LogP contribution in [0.15, 0.2) is 24.3 Å². The van der Waals surface area contributed by atoms with Gasteiger partial charge in [0, 0.05) is 18.7 Å². The number of rotatable bonds is 2.